The fourth-order valence-corrected chi connectivity index (χ4v) is 4.49. The molecular formula is C23H23ClN4O2. The van der Waals surface area contributed by atoms with E-state index in [0.717, 1.165) is 55.4 Å². The fourth-order valence-electron chi connectivity index (χ4n) is 4.32. The molecule has 1 fully saturated rings. The molecule has 0 radical (unpaired) electrons. The second kappa shape index (κ2) is 8.10. The third kappa shape index (κ3) is 3.55. The summed E-state index contributed by atoms with van der Waals surface area (Å²) in [4.78, 5) is 8.15. The van der Waals surface area contributed by atoms with Crippen LogP contribution in [0.15, 0.2) is 36.5 Å². The Kier molecular flexibility index (Phi) is 5.16. The molecule has 2 aliphatic heterocycles. The van der Waals surface area contributed by atoms with E-state index in [-0.39, 0.29) is 0 Å². The van der Waals surface area contributed by atoms with Gasteiger partial charge in [-0.1, -0.05) is 17.7 Å². The number of aromatic nitrogens is 1. The van der Waals surface area contributed by atoms with Gasteiger partial charge in [-0.3, -0.25) is 4.90 Å². The average molecular weight is 423 g/mol. The lowest BCUT2D eigenvalue weighted by molar-refractivity contribution is 0.171. The second-order valence-electron chi connectivity index (χ2n) is 7.68. The number of nitrogens with one attached hydrogen (secondary N) is 1. The zero-order valence-corrected chi connectivity index (χ0v) is 17.4. The van der Waals surface area contributed by atoms with E-state index in [1.54, 1.807) is 0 Å². The van der Waals surface area contributed by atoms with Crippen molar-refractivity contribution in [1.82, 2.24) is 9.88 Å². The Labute approximate surface area is 180 Å². The Morgan fingerprint density at radius 3 is 2.63 bits per heavy atom. The smallest absolute Gasteiger partial charge is 0.186 e. The van der Waals surface area contributed by atoms with Crippen molar-refractivity contribution < 1.29 is 9.47 Å². The van der Waals surface area contributed by atoms with Crippen LogP contribution in [-0.4, -0.2) is 55.8 Å². The molecule has 6 nitrogen and oxygen atoms in total. The van der Waals surface area contributed by atoms with Gasteiger partial charge in [-0.05, 0) is 36.2 Å². The van der Waals surface area contributed by atoms with E-state index in [1.807, 2.05) is 24.3 Å². The molecule has 0 saturated carbocycles. The van der Waals surface area contributed by atoms with Gasteiger partial charge in [-0.25, -0.2) is 0 Å². The number of fused-ring (bicyclic) bond motifs is 2. The molecule has 0 atom stereocenters. The van der Waals surface area contributed by atoms with E-state index in [9.17, 15) is 5.26 Å². The standard InChI is InChI=1S/C23H23ClN4O2/c24-18-2-3-19-17(15-26-20(19)13-18)5-6-27-7-9-28(10-8-27)21-4-1-16(14-25)22-23(21)30-12-11-29-22/h1-4,13,15,26H,5-12H2. The molecule has 2 aromatic carbocycles. The van der Waals surface area contributed by atoms with Crippen LogP contribution in [0.25, 0.3) is 10.9 Å². The summed E-state index contributed by atoms with van der Waals surface area (Å²) in [6, 6.07) is 12.0. The van der Waals surface area contributed by atoms with E-state index >= 15 is 0 Å². The van der Waals surface area contributed by atoms with Gasteiger partial charge in [0, 0.05) is 54.8 Å². The van der Waals surface area contributed by atoms with Crippen LogP contribution in [0.2, 0.25) is 5.02 Å². The topological polar surface area (TPSA) is 64.5 Å². The first-order chi connectivity index (χ1) is 14.7. The quantitative estimate of drug-likeness (QED) is 0.692. The van der Waals surface area contributed by atoms with Gasteiger partial charge in [0.25, 0.3) is 0 Å². The highest BCUT2D eigenvalue weighted by Crippen LogP contribution is 2.42. The number of hydrogen-bond donors (Lipinski definition) is 1. The number of H-pyrrole nitrogens is 1. The third-order valence-corrected chi connectivity index (χ3v) is 6.16. The Morgan fingerprint density at radius 2 is 1.83 bits per heavy atom. The first kappa shape index (κ1) is 19.1. The van der Waals surface area contributed by atoms with E-state index in [1.165, 1.54) is 10.9 Å². The minimum absolute atomic E-state index is 0.485. The maximum absolute atomic E-state index is 9.33. The van der Waals surface area contributed by atoms with Gasteiger partial charge in [0.2, 0.25) is 0 Å². The summed E-state index contributed by atoms with van der Waals surface area (Å²) in [6.45, 7) is 5.85. The van der Waals surface area contributed by atoms with Gasteiger partial charge in [0.1, 0.15) is 19.3 Å². The summed E-state index contributed by atoms with van der Waals surface area (Å²) in [5, 5.41) is 11.3. The van der Waals surface area contributed by atoms with E-state index < -0.39 is 0 Å². The van der Waals surface area contributed by atoms with Crippen molar-refractivity contribution in [2.75, 3.05) is 50.8 Å². The Balaban J connectivity index is 1.23. The zero-order valence-electron chi connectivity index (χ0n) is 16.7. The summed E-state index contributed by atoms with van der Waals surface area (Å²) >= 11 is 6.09. The molecule has 154 valence electrons. The molecule has 3 heterocycles. The van der Waals surface area contributed by atoms with E-state index in [4.69, 9.17) is 21.1 Å². The third-order valence-electron chi connectivity index (χ3n) is 5.93. The Bertz CT molecular complexity index is 1110. The van der Waals surface area contributed by atoms with Crippen molar-refractivity contribution in [3.8, 4) is 17.6 Å². The zero-order chi connectivity index (χ0) is 20.5. The minimum atomic E-state index is 0.485. The largest absolute Gasteiger partial charge is 0.485 e. The van der Waals surface area contributed by atoms with E-state index in [2.05, 4.69) is 33.1 Å². The predicted octanol–water partition coefficient (Wildman–Crippen LogP) is 3.83. The fraction of sp³-hybridized carbons (Fsp3) is 0.348. The van der Waals surface area contributed by atoms with Crippen molar-refractivity contribution in [3.05, 3.63) is 52.7 Å². The SMILES string of the molecule is N#Cc1ccc(N2CCN(CCc3c[nH]c4cc(Cl)ccc34)CC2)c2c1OCCO2. The van der Waals surface area contributed by atoms with Gasteiger partial charge in [-0.15, -0.1) is 0 Å². The predicted molar refractivity (Wildman–Crippen MR) is 118 cm³/mol. The number of rotatable bonds is 4. The number of halogens is 1. The lowest BCUT2D eigenvalue weighted by Crippen LogP contribution is -2.47. The van der Waals surface area contributed by atoms with Crippen LogP contribution >= 0.6 is 11.6 Å². The van der Waals surface area contributed by atoms with Gasteiger partial charge in [0.05, 0.1) is 11.3 Å². The number of ether oxygens (including phenoxy) is 2. The molecule has 0 bridgehead atoms. The van der Waals surface area contributed by atoms with E-state index in [0.29, 0.717) is 30.3 Å². The molecule has 30 heavy (non-hydrogen) atoms. The van der Waals surface area contributed by atoms with Crippen molar-refractivity contribution in [3.63, 3.8) is 0 Å². The molecule has 5 rings (SSSR count). The second-order valence-corrected chi connectivity index (χ2v) is 8.12. The van der Waals surface area contributed by atoms with Crippen LogP contribution in [0, 0.1) is 11.3 Å². The van der Waals surface area contributed by atoms with Gasteiger partial charge in [0.15, 0.2) is 11.5 Å². The number of benzene rings is 2. The average Bonchev–Trinajstić information content (AvgIpc) is 3.19. The first-order valence-electron chi connectivity index (χ1n) is 10.3. The van der Waals surface area contributed by atoms with Crippen LogP contribution in [0.3, 0.4) is 0 Å². The van der Waals surface area contributed by atoms with Crippen molar-refractivity contribution >= 4 is 28.2 Å². The monoisotopic (exact) mass is 422 g/mol. The number of piperazine rings is 1. The molecule has 3 aromatic rings. The lowest BCUT2D eigenvalue weighted by atomic mass is 10.1. The molecule has 1 saturated heterocycles. The molecule has 7 heteroatoms. The van der Waals surface area contributed by atoms with Crippen LogP contribution in [-0.2, 0) is 6.42 Å². The maximum Gasteiger partial charge on any atom is 0.186 e. The Hall–Kier alpha value is -2.88. The number of hydrogen-bond acceptors (Lipinski definition) is 5. The number of nitrogens with zero attached hydrogens (tertiary/aromatic N) is 3. The molecule has 2 aliphatic rings. The maximum atomic E-state index is 9.33. The normalized spacial score (nSPS) is 16.6. The minimum Gasteiger partial charge on any atom is -0.485 e. The van der Waals surface area contributed by atoms with Crippen molar-refractivity contribution in [2.45, 2.75) is 6.42 Å². The van der Waals surface area contributed by atoms with Crippen molar-refractivity contribution in [2.24, 2.45) is 0 Å². The summed E-state index contributed by atoms with van der Waals surface area (Å²) < 4.78 is 11.6. The molecule has 0 spiro atoms. The van der Waals surface area contributed by atoms with Crippen LogP contribution < -0.4 is 14.4 Å². The highest BCUT2D eigenvalue weighted by Gasteiger charge is 2.26. The summed E-state index contributed by atoms with van der Waals surface area (Å²) in [5.74, 6) is 1.30. The van der Waals surface area contributed by atoms with Crippen LogP contribution in [0.1, 0.15) is 11.1 Å². The summed E-state index contributed by atoms with van der Waals surface area (Å²) in [7, 11) is 0. The van der Waals surface area contributed by atoms with Crippen molar-refractivity contribution in [1.29, 1.82) is 5.26 Å². The van der Waals surface area contributed by atoms with Gasteiger partial charge < -0.3 is 19.4 Å². The number of nitriles is 1. The molecule has 1 N–H and O–H groups in total. The van der Waals surface area contributed by atoms with Crippen LogP contribution in [0.5, 0.6) is 11.5 Å². The Morgan fingerprint density at radius 1 is 1.03 bits per heavy atom. The highest BCUT2D eigenvalue weighted by molar-refractivity contribution is 6.31. The molecular weight excluding hydrogens is 400 g/mol. The van der Waals surface area contributed by atoms with Gasteiger partial charge >= 0.3 is 0 Å². The van der Waals surface area contributed by atoms with Gasteiger partial charge in [-0.2, -0.15) is 5.26 Å². The molecule has 0 unspecified atom stereocenters. The first-order valence-corrected chi connectivity index (χ1v) is 10.7. The summed E-state index contributed by atoms with van der Waals surface area (Å²) in [6.07, 6.45) is 3.10. The highest BCUT2D eigenvalue weighted by atomic mass is 35.5. The molecule has 0 amide bonds. The molecule has 0 aliphatic carbocycles. The number of aromatic amines is 1. The molecule has 1 aromatic heterocycles. The lowest BCUT2D eigenvalue weighted by Gasteiger charge is -2.37. The van der Waals surface area contributed by atoms with Crippen LogP contribution in [0.4, 0.5) is 5.69 Å². The summed E-state index contributed by atoms with van der Waals surface area (Å²) in [5.41, 5.74) is 3.98. The number of anilines is 1.